The van der Waals surface area contributed by atoms with Gasteiger partial charge < -0.3 is 20.3 Å². The number of hydrogen-bond donors (Lipinski definition) is 2. The van der Waals surface area contributed by atoms with Crippen molar-refractivity contribution < 1.29 is 9.53 Å². The Morgan fingerprint density at radius 1 is 1.07 bits per heavy atom. The zero-order valence-corrected chi connectivity index (χ0v) is 16.2. The number of morpholine rings is 1. The summed E-state index contributed by atoms with van der Waals surface area (Å²) < 4.78 is 5.39. The molecule has 1 fully saturated rings. The van der Waals surface area contributed by atoms with Gasteiger partial charge in [0.25, 0.3) is 0 Å². The molecule has 0 bridgehead atoms. The second kappa shape index (κ2) is 9.39. The summed E-state index contributed by atoms with van der Waals surface area (Å²) in [5.41, 5.74) is 3.02. The second-order valence-corrected chi connectivity index (χ2v) is 6.48. The molecule has 0 radical (unpaired) electrons. The summed E-state index contributed by atoms with van der Waals surface area (Å²) in [6.45, 7) is 3.85. The number of anilines is 2. The van der Waals surface area contributed by atoms with E-state index in [4.69, 9.17) is 4.74 Å². The summed E-state index contributed by atoms with van der Waals surface area (Å²) in [6.07, 6.45) is 3.51. The summed E-state index contributed by atoms with van der Waals surface area (Å²) in [4.78, 5) is 18.7. The topological polar surface area (TPSA) is 66.5 Å². The molecule has 1 saturated heterocycles. The molecule has 3 aromatic rings. The summed E-state index contributed by atoms with van der Waals surface area (Å²) in [6, 6.07) is 15.7. The van der Waals surface area contributed by atoms with Crippen LogP contribution in [0.15, 0.2) is 60.9 Å². The number of urea groups is 1. The third-order valence-electron chi connectivity index (χ3n) is 4.69. The number of benzene rings is 2. The number of aromatic nitrogens is 1. The summed E-state index contributed by atoms with van der Waals surface area (Å²) in [7, 11) is 0. The molecule has 4 rings (SSSR count). The van der Waals surface area contributed by atoms with E-state index in [9.17, 15) is 4.79 Å². The average molecular weight is 399 g/mol. The van der Waals surface area contributed by atoms with Crippen LogP contribution in [0.1, 0.15) is 5.56 Å². The molecule has 0 saturated carbocycles. The molecular formula is C21H23ClN4O2. The zero-order chi connectivity index (χ0) is 18.5. The summed E-state index contributed by atoms with van der Waals surface area (Å²) >= 11 is 0. The Balaban J connectivity index is 0.00000225. The predicted octanol–water partition coefficient (Wildman–Crippen LogP) is 3.81. The number of carbonyl (C=O) groups excluding carboxylic acids is 1. The number of amides is 2. The molecule has 0 unspecified atom stereocenters. The van der Waals surface area contributed by atoms with Gasteiger partial charge in [-0.3, -0.25) is 4.98 Å². The number of pyridine rings is 1. The molecule has 0 aliphatic carbocycles. The van der Waals surface area contributed by atoms with E-state index in [1.165, 1.54) is 5.69 Å². The van der Waals surface area contributed by atoms with Gasteiger partial charge in [-0.2, -0.15) is 0 Å². The number of halogens is 1. The first-order valence-corrected chi connectivity index (χ1v) is 9.09. The maximum absolute atomic E-state index is 12.3. The van der Waals surface area contributed by atoms with Gasteiger partial charge in [0, 0.05) is 48.5 Å². The molecule has 2 heterocycles. The zero-order valence-electron chi connectivity index (χ0n) is 15.4. The van der Waals surface area contributed by atoms with Gasteiger partial charge in [0.1, 0.15) is 0 Å². The van der Waals surface area contributed by atoms with Gasteiger partial charge in [-0.1, -0.05) is 24.3 Å². The molecule has 0 atom stereocenters. The fourth-order valence-electron chi connectivity index (χ4n) is 3.23. The molecule has 2 N–H and O–H groups in total. The molecule has 146 valence electrons. The highest BCUT2D eigenvalue weighted by atomic mass is 35.5. The largest absolute Gasteiger partial charge is 0.378 e. The number of hydrogen-bond acceptors (Lipinski definition) is 4. The number of carbonyl (C=O) groups is 1. The van der Waals surface area contributed by atoms with Gasteiger partial charge in [-0.25, -0.2) is 4.79 Å². The summed E-state index contributed by atoms with van der Waals surface area (Å²) in [5, 5.41) is 7.79. The Labute approximate surface area is 170 Å². The molecule has 28 heavy (non-hydrogen) atoms. The van der Waals surface area contributed by atoms with Gasteiger partial charge in [0.05, 0.1) is 18.9 Å². The van der Waals surface area contributed by atoms with Gasteiger partial charge in [0.15, 0.2) is 0 Å². The lowest BCUT2D eigenvalue weighted by molar-refractivity contribution is 0.122. The van der Waals surface area contributed by atoms with E-state index >= 15 is 0 Å². The highest BCUT2D eigenvalue weighted by molar-refractivity contribution is 6.01. The second-order valence-electron chi connectivity index (χ2n) is 6.48. The van der Waals surface area contributed by atoms with Crippen LogP contribution in [-0.2, 0) is 11.3 Å². The van der Waals surface area contributed by atoms with Crippen molar-refractivity contribution >= 4 is 40.6 Å². The summed E-state index contributed by atoms with van der Waals surface area (Å²) in [5.74, 6) is 0. The quantitative estimate of drug-likeness (QED) is 0.701. The highest BCUT2D eigenvalue weighted by Crippen LogP contribution is 2.22. The predicted molar refractivity (Wildman–Crippen MR) is 114 cm³/mol. The molecule has 1 aliphatic heterocycles. The first-order chi connectivity index (χ1) is 13.3. The van der Waals surface area contributed by atoms with E-state index in [1.807, 2.05) is 24.3 Å². The lowest BCUT2D eigenvalue weighted by Crippen LogP contribution is -2.36. The number of ether oxygens (including phenoxy) is 1. The average Bonchev–Trinajstić information content (AvgIpc) is 2.74. The minimum Gasteiger partial charge on any atom is -0.378 e. The van der Waals surface area contributed by atoms with E-state index in [-0.39, 0.29) is 18.4 Å². The number of nitrogens with zero attached hydrogens (tertiary/aromatic N) is 2. The molecular weight excluding hydrogens is 376 g/mol. The lowest BCUT2D eigenvalue weighted by atomic mass is 10.1. The standard InChI is InChI=1S/C21H22N4O2.ClH/c26-21(24-20-3-1-2-17-15-22-9-8-19(17)20)23-14-16-4-6-18(7-5-16)25-10-12-27-13-11-25;/h1-9,15H,10-14H2,(H2,23,24,26);1H. The van der Waals surface area contributed by atoms with Crippen LogP contribution < -0.4 is 15.5 Å². The van der Waals surface area contributed by atoms with Crippen molar-refractivity contribution in [3.05, 3.63) is 66.5 Å². The monoisotopic (exact) mass is 398 g/mol. The minimum absolute atomic E-state index is 0. The van der Waals surface area contributed by atoms with Crippen LogP contribution in [0.4, 0.5) is 16.2 Å². The molecule has 1 aliphatic rings. The molecule has 7 heteroatoms. The van der Waals surface area contributed by atoms with Crippen LogP contribution in [-0.4, -0.2) is 37.3 Å². The maximum atomic E-state index is 12.3. The Kier molecular flexibility index (Phi) is 6.68. The Morgan fingerprint density at radius 3 is 2.64 bits per heavy atom. The fourth-order valence-corrected chi connectivity index (χ4v) is 3.23. The Hall–Kier alpha value is -2.83. The van der Waals surface area contributed by atoms with Crippen molar-refractivity contribution in [3.63, 3.8) is 0 Å². The van der Waals surface area contributed by atoms with Crippen LogP contribution in [0.25, 0.3) is 10.8 Å². The van der Waals surface area contributed by atoms with Crippen LogP contribution in [0.5, 0.6) is 0 Å². The van der Waals surface area contributed by atoms with Crippen molar-refractivity contribution in [2.45, 2.75) is 6.54 Å². The Morgan fingerprint density at radius 2 is 1.86 bits per heavy atom. The number of nitrogens with one attached hydrogen (secondary N) is 2. The SMILES string of the molecule is Cl.O=C(NCc1ccc(N2CCOCC2)cc1)Nc1cccc2cnccc12. The molecule has 6 nitrogen and oxygen atoms in total. The third kappa shape index (κ3) is 4.71. The highest BCUT2D eigenvalue weighted by Gasteiger charge is 2.11. The van der Waals surface area contributed by atoms with Crippen molar-refractivity contribution in [1.29, 1.82) is 0 Å². The smallest absolute Gasteiger partial charge is 0.319 e. The van der Waals surface area contributed by atoms with Crippen LogP contribution in [0.2, 0.25) is 0 Å². The number of fused-ring (bicyclic) bond motifs is 1. The van der Waals surface area contributed by atoms with E-state index in [2.05, 4.69) is 44.8 Å². The van der Waals surface area contributed by atoms with Crippen molar-refractivity contribution in [2.75, 3.05) is 36.5 Å². The van der Waals surface area contributed by atoms with Crippen molar-refractivity contribution in [1.82, 2.24) is 10.3 Å². The van der Waals surface area contributed by atoms with E-state index in [0.717, 1.165) is 48.3 Å². The lowest BCUT2D eigenvalue weighted by Gasteiger charge is -2.28. The third-order valence-corrected chi connectivity index (χ3v) is 4.69. The van der Waals surface area contributed by atoms with Gasteiger partial charge in [-0.15, -0.1) is 12.4 Å². The van der Waals surface area contributed by atoms with Crippen LogP contribution in [0.3, 0.4) is 0 Å². The minimum atomic E-state index is -0.225. The molecule has 0 spiro atoms. The molecule has 2 aromatic carbocycles. The van der Waals surface area contributed by atoms with Gasteiger partial charge in [0.2, 0.25) is 0 Å². The van der Waals surface area contributed by atoms with Gasteiger partial charge in [-0.05, 0) is 29.8 Å². The first kappa shape index (κ1) is 19.9. The van der Waals surface area contributed by atoms with Crippen LogP contribution in [0, 0.1) is 0 Å². The van der Waals surface area contributed by atoms with Crippen LogP contribution >= 0.6 is 12.4 Å². The van der Waals surface area contributed by atoms with E-state index < -0.39 is 0 Å². The van der Waals surface area contributed by atoms with Crippen molar-refractivity contribution in [3.8, 4) is 0 Å². The Bertz CT molecular complexity index is 922. The molecule has 1 aromatic heterocycles. The van der Waals surface area contributed by atoms with Gasteiger partial charge >= 0.3 is 6.03 Å². The molecule has 2 amide bonds. The van der Waals surface area contributed by atoms with E-state index in [1.54, 1.807) is 12.4 Å². The van der Waals surface area contributed by atoms with Crippen molar-refractivity contribution in [2.24, 2.45) is 0 Å². The maximum Gasteiger partial charge on any atom is 0.319 e. The van der Waals surface area contributed by atoms with E-state index in [0.29, 0.717) is 6.54 Å². The fraction of sp³-hybridized carbons (Fsp3) is 0.238. The normalized spacial score (nSPS) is 13.6. The first-order valence-electron chi connectivity index (χ1n) is 9.09. The number of rotatable bonds is 4.